The van der Waals surface area contributed by atoms with Crippen molar-refractivity contribution in [3.8, 4) is 11.5 Å². The molecule has 0 saturated carbocycles. The van der Waals surface area contributed by atoms with Crippen molar-refractivity contribution in [2.24, 2.45) is 0 Å². The standard InChI is InChI=1S/C20H12F3NO4/c21-20(22,23)14-7-5-12(6-8-14)19(25)26-11-15-10-18(28-24-15)17-9-13-3-1-2-4-16(13)27-17/h1-10H,11H2. The number of esters is 1. The molecule has 0 aliphatic heterocycles. The van der Waals surface area contributed by atoms with E-state index in [1.54, 1.807) is 12.1 Å². The summed E-state index contributed by atoms with van der Waals surface area (Å²) in [7, 11) is 0. The summed E-state index contributed by atoms with van der Waals surface area (Å²) < 4.78 is 53.6. The van der Waals surface area contributed by atoms with Crippen LogP contribution in [0.2, 0.25) is 0 Å². The largest absolute Gasteiger partial charge is 0.455 e. The third kappa shape index (κ3) is 3.62. The first-order valence-electron chi connectivity index (χ1n) is 8.19. The van der Waals surface area contributed by atoms with Gasteiger partial charge >= 0.3 is 12.1 Å². The average Bonchev–Trinajstić information content (AvgIpc) is 3.32. The van der Waals surface area contributed by atoms with Crippen LogP contribution in [0.4, 0.5) is 13.2 Å². The Bertz CT molecular complexity index is 1090. The monoisotopic (exact) mass is 387 g/mol. The first-order chi connectivity index (χ1) is 13.4. The third-order valence-corrected chi connectivity index (χ3v) is 4.03. The summed E-state index contributed by atoms with van der Waals surface area (Å²) in [4.78, 5) is 12.0. The number of carbonyl (C=O) groups excluding carboxylic acids is 1. The molecule has 2 aromatic heterocycles. The van der Waals surface area contributed by atoms with E-state index in [0.717, 1.165) is 29.7 Å². The van der Waals surface area contributed by atoms with Gasteiger partial charge in [-0.1, -0.05) is 23.4 Å². The Labute approximate surface area is 156 Å². The number of furan rings is 1. The number of rotatable bonds is 4. The predicted molar refractivity (Wildman–Crippen MR) is 92.3 cm³/mol. The quantitative estimate of drug-likeness (QED) is 0.435. The van der Waals surface area contributed by atoms with Gasteiger partial charge in [0.1, 0.15) is 17.9 Å². The maximum absolute atomic E-state index is 12.6. The van der Waals surface area contributed by atoms with Gasteiger partial charge in [0, 0.05) is 11.5 Å². The molecule has 2 heterocycles. The summed E-state index contributed by atoms with van der Waals surface area (Å²) >= 11 is 0. The lowest BCUT2D eigenvalue weighted by atomic mass is 10.1. The zero-order chi connectivity index (χ0) is 19.7. The topological polar surface area (TPSA) is 65.5 Å². The minimum absolute atomic E-state index is 0.00834. The Morgan fingerprint density at radius 2 is 1.75 bits per heavy atom. The van der Waals surface area contributed by atoms with E-state index in [2.05, 4.69) is 5.16 Å². The van der Waals surface area contributed by atoms with Crippen LogP contribution in [0.3, 0.4) is 0 Å². The van der Waals surface area contributed by atoms with Gasteiger partial charge in [0.15, 0.2) is 5.76 Å². The number of benzene rings is 2. The molecule has 0 saturated heterocycles. The van der Waals surface area contributed by atoms with Gasteiger partial charge in [-0.25, -0.2) is 4.79 Å². The second-order valence-electron chi connectivity index (χ2n) is 5.98. The Hall–Kier alpha value is -3.55. The molecule has 2 aromatic carbocycles. The van der Waals surface area contributed by atoms with E-state index in [-0.39, 0.29) is 12.2 Å². The number of alkyl halides is 3. The third-order valence-electron chi connectivity index (χ3n) is 4.03. The van der Waals surface area contributed by atoms with E-state index in [0.29, 0.717) is 22.8 Å². The lowest BCUT2D eigenvalue weighted by molar-refractivity contribution is -0.137. The average molecular weight is 387 g/mol. The molecule has 8 heteroatoms. The van der Waals surface area contributed by atoms with E-state index in [4.69, 9.17) is 13.7 Å². The molecule has 0 amide bonds. The van der Waals surface area contributed by atoms with Crippen LogP contribution in [0.25, 0.3) is 22.5 Å². The molecule has 0 radical (unpaired) electrons. The summed E-state index contributed by atoms with van der Waals surface area (Å²) in [6.45, 7) is -0.191. The van der Waals surface area contributed by atoms with Crippen molar-refractivity contribution >= 4 is 16.9 Å². The first kappa shape index (κ1) is 17.8. The van der Waals surface area contributed by atoms with Gasteiger partial charge in [-0.05, 0) is 36.4 Å². The first-order valence-corrected chi connectivity index (χ1v) is 8.19. The highest BCUT2D eigenvalue weighted by atomic mass is 19.4. The fourth-order valence-corrected chi connectivity index (χ4v) is 2.62. The van der Waals surface area contributed by atoms with Gasteiger partial charge in [0.05, 0.1) is 11.1 Å². The molecule has 0 aliphatic rings. The van der Waals surface area contributed by atoms with E-state index in [1.165, 1.54) is 0 Å². The van der Waals surface area contributed by atoms with Crippen LogP contribution in [0.5, 0.6) is 0 Å². The van der Waals surface area contributed by atoms with Crippen molar-refractivity contribution in [1.82, 2.24) is 5.16 Å². The van der Waals surface area contributed by atoms with Crippen LogP contribution in [-0.4, -0.2) is 11.1 Å². The van der Waals surface area contributed by atoms with Gasteiger partial charge in [0.2, 0.25) is 5.76 Å². The van der Waals surface area contributed by atoms with Crippen LogP contribution in [0.1, 0.15) is 21.6 Å². The molecule has 142 valence electrons. The second-order valence-corrected chi connectivity index (χ2v) is 5.98. The van der Waals surface area contributed by atoms with Crippen LogP contribution in [-0.2, 0) is 17.5 Å². The fraction of sp³-hybridized carbons (Fsp3) is 0.100. The summed E-state index contributed by atoms with van der Waals surface area (Å²) in [6, 6.07) is 14.6. The van der Waals surface area contributed by atoms with Gasteiger partial charge in [-0.15, -0.1) is 0 Å². The lowest BCUT2D eigenvalue weighted by Gasteiger charge is -2.07. The van der Waals surface area contributed by atoms with Crippen LogP contribution in [0, 0.1) is 0 Å². The number of hydrogen-bond acceptors (Lipinski definition) is 5. The van der Waals surface area contributed by atoms with Gasteiger partial charge in [-0.2, -0.15) is 13.2 Å². The van der Waals surface area contributed by atoms with Crippen molar-refractivity contribution in [2.45, 2.75) is 12.8 Å². The van der Waals surface area contributed by atoms with E-state index < -0.39 is 17.7 Å². The van der Waals surface area contributed by atoms with Crippen LogP contribution in [0.15, 0.2) is 69.6 Å². The molecular weight excluding hydrogens is 375 g/mol. The molecule has 0 atom stereocenters. The van der Waals surface area contributed by atoms with Gasteiger partial charge < -0.3 is 13.7 Å². The number of ether oxygens (including phenoxy) is 1. The van der Waals surface area contributed by atoms with Crippen LogP contribution >= 0.6 is 0 Å². The molecule has 28 heavy (non-hydrogen) atoms. The molecule has 0 bridgehead atoms. The molecule has 0 aliphatic carbocycles. The van der Waals surface area contributed by atoms with Crippen LogP contribution < -0.4 is 0 Å². The van der Waals surface area contributed by atoms with Gasteiger partial charge in [-0.3, -0.25) is 0 Å². The van der Waals surface area contributed by atoms with Crippen molar-refractivity contribution in [1.29, 1.82) is 0 Å². The number of carbonyl (C=O) groups is 1. The summed E-state index contributed by atoms with van der Waals surface area (Å²) in [6.07, 6.45) is -4.46. The van der Waals surface area contributed by atoms with Crippen molar-refractivity contribution in [3.63, 3.8) is 0 Å². The molecule has 0 fully saturated rings. The SMILES string of the molecule is O=C(OCc1cc(-c2cc3ccccc3o2)on1)c1ccc(C(F)(F)F)cc1. The lowest BCUT2D eigenvalue weighted by Crippen LogP contribution is -2.08. The molecule has 0 unspecified atom stereocenters. The molecular formula is C20H12F3NO4. The zero-order valence-electron chi connectivity index (χ0n) is 14.2. The normalized spacial score (nSPS) is 11.7. The maximum atomic E-state index is 12.6. The maximum Gasteiger partial charge on any atom is 0.416 e. The number of para-hydroxylation sites is 1. The van der Waals surface area contributed by atoms with Gasteiger partial charge in [0.25, 0.3) is 0 Å². The summed E-state index contributed by atoms with van der Waals surface area (Å²) in [5.74, 6) is 0.0906. The number of aromatic nitrogens is 1. The van der Waals surface area contributed by atoms with E-state index in [9.17, 15) is 18.0 Å². The minimum Gasteiger partial charge on any atom is -0.455 e. The Morgan fingerprint density at radius 3 is 2.46 bits per heavy atom. The predicted octanol–water partition coefficient (Wildman–Crippen LogP) is 5.46. The highest BCUT2D eigenvalue weighted by molar-refractivity contribution is 5.89. The molecule has 5 nitrogen and oxygen atoms in total. The molecule has 0 spiro atoms. The Balaban J connectivity index is 1.42. The molecule has 0 N–H and O–H groups in total. The summed E-state index contributed by atoms with van der Waals surface area (Å²) in [5, 5.41) is 4.72. The number of halogens is 3. The second kappa shape index (κ2) is 6.88. The van der Waals surface area contributed by atoms with Crippen molar-refractivity contribution in [2.75, 3.05) is 0 Å². The zero-order valence-corrected chi connectivity index (χ0v) is 14.2. The highest BCUT2D eigenvalue weighted by Gasteiger charge is 2.30. The van der Waals surface area contributed by atoms with Crippen molar-refractivity contribution in [3.05, 3.63) is 77.5 Å². The highest BCUT2D eigenvalue weighted by Crippen LogP contribution is 2.30. The molecule has 4 aromatic rings. The summed E-state index contributed by atoms with van der Waals surface area (Å²) in [5.41, 5.74) is 0.213. The fourth-order valence-electron chi connectivity index (χ4n) is 2.62. The van der Waals surface area contributed by atoms with E-state index >= 15 is 0 Å². The van der Waals surface area contributed by atoms with Crippen molar-refractivity contribution < 1.29 is 31.6 Å². The Kier molecular flexibility index (Phi) is 4.38. The number of nitrogens with zero attached hydrogens (tertiary/aromatic N) is 1. The number of fused-ring (bicyclic) bond motifs is 1. The minimum atomic E-state index is -4.46. The number of hydrogen-bond donors (Lipinski definition) is 0. The smallest absolute Gasteiger partial charge is 0.416 e. The molecule has 4 rings (SSSR count). The van der Waals surface area contributed by atoms with E-state index in [1.807, 2.05) is 24.3 Å². The Morgan fingerprint density at radius 1 is 1.00 bits per heavy atom.